The summed E-state index contributed by atoms with van der Waals surface area (Å²) in [5, 5.41) is 0. The molecule has 3 aliphatic carbocycles. The Hall–Kier alpha value is -1.04. The van der Waals surface area contributed by atoms with Crippen LogP contribution in [0.25, 0.3) is 0 Å². The highest BCUT2D eigenvalue weighted by molar-refractivity contribution is 5.22. The van der Waals surface area contributed by atoms with Crippen LogP contribution in [0, 0.1) is 35.0 Å². The van der Waals surface area contributed by atoms with Gasteiger partial charge in [-0.3, -0.25) is 0 Å². The Labute approximate surface area is 268 Å². The van der Waals surface area contributed by atoms with E-state index in [0.717, 1.165) is 29.6 Å². The molecule has 7 atom stereocenters. The quantitative estimate of drug-likeness (QED) is 0.253. The monoisotopic (exact) mass is 585 g/mol. The topological polar surface area (TPSA) is 0 Å². The van der Waals surface area contributed by atoms with Crippen LogP contribution in [0.2, 0.25) is 0 Å². The summed E-state index contributed by atoms with van der Waals surface area (Å²) in [5.74, 6) is 6.09. The van der Waals surface area contributed by atoms with Crippen LogP contribution in [0.3, 0.4) is 0 Å². The fraction of sp³-hybridized carbons (Fsp3) is 0.810. The lowest BCUT2D eigenvalue weighted by atomic mass is 9.69. The van der Waals surface area contributed by atoms with Crippen molar-refractivity contribution in [3.8, 4) is 0 Å². The van der Waals surface area contributed by atoms with E-state index in [4.69, 9.17) is 0 Å². The van der Waals surface area contributed by atoms with E-state index in [2.05, 4.69) is 106 Å². The number of allylic oxidation sites excluding steroid dienone is 2. The minimum Gasteiger partial charge on any atom is -0.0776 e. The van der Waals surface area contributed by atoms with Crippen LogP contribution in [0.5, 0.6) is 0 Å². The van der Waals surface area contributed by atoms with Crippen molar-refractivity contribution >= 4 is 0 Å². The van der Waals surface area contributed by atoms with Crippen LogP contribution in [-0.2, 0) is 0 Å². The molecule has 0 amide bonds. The van der Waals surface area contributed by atoms with E-state index in [1.54, 1.807) is 30.4 Å². The second kappa shape index (κ2) is 23.4. The van der Waals surface area contributed by atoms with Crippen LogP contribution in [-0.4, -0.2) is 0 Å². The highest BCUT2D eigenvalue weighted by Crippen LogP contribution is 2.53. The lowest BCUT2D eigenvalue weighted by molar-refractivity contribution is 0.224. The van der Waals surface area contributed by atoms with Crippen molar-refractivity contribution in [1.29, 1.82) is 0 Å². The standard InChI is InChI=1S/C12H22.C11H20.C10H14.C7H16.2CH4/c1-5-11-10(3)8-7-9-12(11,4)6-2;1-3-4-11-8(2)9-5-6-10(11)7-9;1-3-9(2)10-7-5-4-6-8-10;1-4-6-7(3)5-2;;/h5-9H2,1-4H3;8-11H,3-7H2,1-2H3;4-9H,3H2,1-2H3;7H,4-6H2,1-3H3;2*1H4. The zero-order valence-electron chi connectivity index (χ0n) is 29.3. The van der Waals surface area contributed by atoms with Crippen molar-refractivity contribution < 1.29 is 0 Å². The second-order valence-corrected chi connectivity index (χ2v) is 14.0. The Bertz CT molecular complexity index is 786. The van der Waals surface area contributed by atoms with Crippen LogP contribution in [0.15, 0.2) is 41.5 Å². The molecule has 1 aromatic rings. The smallest absolute Gasteiger partial charge is 0.0116 e. The summed E-state index contributed by atoms with van der Waals surface area (Å²) in [6, 6.07) is 10.6. The van der Waals surface area contributed by atoms with Gasteiger partial charge in [-0.05, 0) is 111 Å². The minimum atomic E-state index is 0. The van der Waals surface area contributed by atoms with E-state index in [1.807, 2.05) is 0 Å². The van der Waals surface area contributed by atoms with Gasteiger partial charge in [-0.1, -0.05) is 158 Å². The van der Waals surface area contributed by atoms with Crippen molar-refractivity contribution in [2.24, 2.45) is 35.0 Å². The van der Waals surface area contributed by atoms with Gasteiger partial charge in [0.1, 0.15) is 0 Å². The molecule has 42 heavy (non-hydrogen) atoms. The van der Waals surface area contributed by atoms with Crippen LogP contribution in [0.4, 0.5) is 0 Å². The molecule has 1 aromatic carbocycles. The van der Waals surface area contributed by atoms with Gasteiger partial charge in [0.15, 0.2) is 0 Å². The predicted octanol–water partition coefficient (Wildman–Crippen LogP) is 15.1. The molecular formula is C42H80. The molecule has 0 nitrogen and oxygen atoms in total. The first-order chi connectivity index (χ1) is 19.1. The summed E-state index contributed by atoms with van der Waals surface area (Å²) < 4.78 is 0. The number of benzene rings is 1. The lowest BCUT2D eigenvalue weighted by Gasteiger charge is -2.36. The fourth-order valence-corrected chi connectivity index (χ4v) is 7.92. The molecule has 2 bridgehead atoms. The first kappa shape index (κ1) is 43.1. The average molecular weight is 585 g/mol. The Kier molecular flexibility index (Phi) is 24.0. The minimum absolute atomic E-state index is 0. The van der Waals surface area contributed by atoms with E-state index >= 15 is 0 Å². The lowest BCUT2D eigenvalue weighted by Crippen LogP contribution is -2.22. The number of hydrogen-bond donors (Lipinski definition) is 0. The van der Waals surface area contributed by atoms with Gasteiger partial charge in [-0.25, -0.2) is 0 Å². The summed E-state index contributed by atoms with van der Waals surface area (Å²) in [5.41, 5.74) is 5.41. The maximum absolute atomic E-state index is 2.49. The number of hydrogen-bond acceptors (Lipinski definition) is 0. The van der Waals surface area contributed by atoms with E-state index in [0.29, 0.717) is 11.3 Å². The van der Waals surface area contributed by atoms with E-state index in [9.17, 15) is 0 Å². The normalized spacial score (nSPS) is 27.0. The van der Waals surface area contributed by atoms with Gasteiger partial charge >= 0.3 is 0 Å². The van der Waals surface area contributed by atoms with Crippen LogP contribution < -0.4 is 0 Å². The maximum Gasteiger partial charge on any atom is -0.0116 e. The zero-order valence-corrected chi connectivity index (χ0v) is 29.3. The molecule has 0 heteroatoms. The van der Waals surface area contributed by atoms with Crippen molar-refractivity contribution in [3.05, 3.63) is 47.0 Å². The maximum atomic E-state index is 2.49. The molecule has 0 N–H and O–H groups in total. The molecule has 7 unspecified atom stereocenters. The van der Waals surface area contributed by atoms with Gasteiger partial charge < -0.3 is 0 Å². The number of fused-ring (bicyclic) bond motifs is 2. The Morgan fingerprint density at radius 1 is 0.857 bits per heavy atom. The third-order valence-corrected chi connectivity index (χ3v) is 11.3. The number of rotatable bonds is 9. The summed E-state index contributed by atoms with van der Waals surface area (Å²) >= 11 is 0. The molecule has 0 aliphatic heterocycles. The summed E-state index contributed by atoms with van der Waals surface area (Å²) in [6.45, 7) is 25.5. The molecule has 2 saturated carbocycles. The van der Waals surface area contributed by atoms with Crippen molar-refractivity contribution in [1.82, 2.24) is 0 Å². The average Bonchev–Trinajstić information content (AvgIpc) is 3.57. The molecule has 0 heterocycles. The third-order valence-electron chi connectivity index (χ3n) is 11.3. The highest BCUT2D eigenvalue weighted by atomic mass is 14.5. The van der Waals surface area contributed by atoms with E-state index < -0.39 is 0 Å². The van der Waals surface area contributed by atoms with Crippen LogP contribution in [0.1, 0.15) is 192 Å². The Balaban J connectivity index is 0. The third kappa shape index (κ3) is 13.7. The van der Waals surface area contributed by atoms with Gasteiger partial charge in [0, 0.05) is 0 Å². The van der Waals surface area contributed by atoms with Crippen molar-refractivity contribution in [2.45, 2.75) is 187 Å². The molecule has 0 radical (unpaired) electrons. The largest absolute Gasteiger partial charge is 0.0776 e. The van der Waals surface area contributed by atoms with Gasteiger partial charge in [0.25, 0.3) is 0 Å². The van der Waals surface area contributed by atoms with Gasteiger partial charge in [-0.2, -0.15) is 0 Å². The van der Waals surface area contributed by atoms with Crippen molar-refractivity contribution in [3.63, 3.8) is 0 Å². The van der Waals surface area contributed by atoms with Gasteiger partial charge in [0.2, 0.25) is 0 Å². The molecular weight excluding hydrogens is 504 g/mol. The molecule has 3 aliphatic rings. The summed E-state index contributed by atoms with van der Waals surface area (Å²) in [6.07, 6.45) is 19.6. The molecule has 0 saturated heterocycles. The molecule has 2 fully saturated rings. The van der Waals surface area contributed by atoms with Gasteiger partial charge in [-0.15, -0.1) is 0 Å². The fourth-order valence-electron chi connectivity index (χ4n) is 7.92. The first-order valence-corrected chi connectivity index (χ1v) is 17.9. The zero-order chi connectivity index (χ0) is 30.1. The second-order valence-electron chi connectivity index (χ2n) is 14.0. The highest BCUT2D eigenvalue weighted by Gasteiger charge is 2.44. The SMILES string of the molecule is C.C.CCC(C)c1ccccc1.CCC1=C(C)CCCC1(C)CC.CCCC(C)CC.CCCC1C2CCC(C2)C1C. The van der Waals surface area contributed by atoms with E-state index in [-0.39, 0.29) is 14.9 Å². The van der Waals surface area contributed by atoms with E-state index in [1.165, 1.54) is 76.2 Å². The molecule has 0 aromatic heterocycles. The molecule has 4 rings (SSSR count). The van der Waals surface area contributed by atoms with Crippen molar-refractivity contribution in [2.75, 3.05) is 0 Å². The molecule has 248 valence electrons. The first-order valence-electron chi connectivity index (χ1n) is 17.9. The predicted molar refractivity (Wildman–Crippen MR) is 197 cm³/mol. The van der Waals surface area contributed by atoms with Gasteiger partial charge in [0.05, 0.1) is 0 Å². The Morgan fingerprint density at radius 2 is 1.48 bits per heavy atom. The summed E-state index contributed by atoms with van der Waals surface area (Å²) in [7, 11) is 0. The van der Waals surface area contributed by atoms with Crippen LogP contribution >= 0.6 is 0 Å². The Morgan fingerprint density at radius 3 is 1.88 bits per heavy atom. The summed E-state index contributed by atoms with van der Waals surface area (Å²) in [4.78, 5) is 0. The molecule has 0 spiro atoms.